The van der Waals surface area contributed by atoms with Crippen molar-refractivity contribution >= 4 is 17.5 Å². The van der Waals surface area contributed by atoms with E-state index in [4.69, 9.17) is 0 Å². The SMILES string of the molecule is Cc1cc(C)cc(N(C(=O)c2ccccn2)[C@@H](C(=O)NC2CCCCC2)c2ccncc2)c1. The Hall–Kier alpha value is -3.54. The number of carbonyl (C=O) groups is 2. The third kappa shape index (κ3) is 5.45. The Balaban J connectivity index is 1.81. The van der Waals surface area contributed by atoms with Crippen LogP contribution in [0.25, 0.3) is 0 Å². The molecule has 0 saturated heterocycles. The van der Waals surface area contributed by atoms with Gasteiger partial charge >= 0.3 is 0 Å². The highest BCUT2D eigenvalue weighted by molar-refractivity contribution is 6.09. The van der Waals surface area contributed by atoms with Crippen LogP contribution >= 0.6 is 0 Å². The molecule has 2 heterocycles. The highest BCUT2D eigenvalue weighted by Gasteiger charge is 2.35. The maximum Gasteiger partial charge on any atom is 0.277 e. The van der Waals surface area contributed by atoms with Crippen molar-refractivity contribution in [3.8, 4) is 0 Å². The van der Waals surface area contributed by atoms with Gasteiger partial charge in [-0.25, -0.2) is 0 Å². The quantitative estimate of drug-likeness (QED) is 0.587. The molecule has 1 aliphatic carbocycles. The summed E-state index contributed by atoms with van der Waals surface area (Å²) in [5.41, 5.74) is 3.71. The van der Waals surface area contributed by atoms with Gasteiger partial charge in [0.25, 0.3) is 5.91 Å². The van der Waals surface area contributed by atoms with Crippen LogP contribution in [0.15, 0.2) is 67.1 Å². The van der Waals surface area contributed by atoms with E-state index >= 15 is 0 Å². The van der Waals surface area contributed by atoms with Crippen molar-refractivity contribution in [1.82, 2.24) is 15.3 Å². The molecule has 4 rings (SSSR count). The molecule has 1 saturated carbocycles. The number of hydrogen-bond donors (Lipinski definition) is 1. The van der Waals surface area contributed by atoms with E-state index in [2.05, 4.69) is 21.4 Å². The Morgan fingerprint density at radius 2 is 1.64 bits per heavy atom. The van der Waals surface area contributed by atoms with E-state index in [1.54, 1.807) is 53.8 Å². The Morgan fingerprint density at radius 1 is 0.939 bits per heavy atom. The van der Waals surface area contributed by atoms with Crippen LogP contribution in [0.2, 0.25) is 0 Å². The van der Waals surface area contributed by atoms with Crippen molar-refractivity contribution in [1.29, 1.82) is 0 Å². The average molecular weight is 443 g/mol. The second-order valence-corrected chi connectivity index (χ2v) is 8.76. The summed E-state index contributed by atoms with van der Waals surface area (Å²) in [7, 11) is 0. The average Bonchev–Trinajstić information content (AvgIpc) is 2.83. The number of amides is 2. The standard InChI is InChI=1S/C27H30N4O2/c1-19-16-20(2)18-23(17-19)31(27(33)24-10-6-7-13-29-24)25(21-11-14-28-15-12-21)26(32)30-22-8-4-3-5-9-22/h6-7,10-18,22,25H,3-5,8-9H2,1-2H3,(H,30,32)/t25-/m1/s1. The van der Waals surface area contributed by atoms with E-state index in [-0.39, 0.29) is 17.9 Å². The summed E-state index contributed by atoms with van der Waals surface area (Å²) in [5.74, 6) is -0.502. The van der Waals surface area contributed by atoms with E-state index in [1.165, 1.54) is 6.42 Å². The van der Waals surface area contributed by atoms with E-state index in [0.717, 1.165) is 36.8 Å². The lowest BCUT2D eigenvalue weighted by molar-refractivity contribution is -0.123. The molecule has 6 heteroatoms. The predicted octanol–water partition coefficient (Wildman–Crippen LogP) is 4.93. The molecule has 0 spiro atoms. The molecular weight excluding hydrogens is 412 g/mol. The number of carbonyl (C=O) groups excluding carboxylic acids is 2. The summed E-state index contributed by atoms with van der Waals surface area (Å²) in [4.78, 5) is 37.6. The van der Waals surface area contributed by atoms with Gasteiger partial charge in [-0.15, -0.1) is 0 Å². The molecule has 0 unspecified atom stereocenters. The van der Waals surface area contributed by atoms with Crippen LogP contribution in [0.3, 0.4) is 0 Å². The van der Waals surface area contributed by atoms with Gasteiger partial charge in [-0.05, 0) is 79.8 Å². The molecule has 170 valence electrons. The van der Waals surface area contributed by atoms with Gasteiger partial charge in [0.1, 0.15) is 11.7 Å². The number of aryl methyl sites for hydroxylation is 2. The normalized spacial score (nSPS) is 15.0. The second kappa shape index (κ2) is 10.4. The summed E-state index contributed by atoms with van der Waals surface area (Å²) < 4.78 is 0. The number of benzene rings is 1. The minimum atomic E-state index is -0.842. The van der Waals surface area contributed by atoms with E-state index in [9.17, 15) is 9.59 Å². The zero-order chi connectivity index (χ0) is 23.2. The third-order valence-electron chi connectivity index (χ3n) is 6.07. The highest BCUT2D eigenvalue weighted by Crippen LogP contribution is 2.31. The first-order chi connectivity index (χ1) is 16.0. The summed E-state index contributed by atoms with van der Waals surface area (Å²) in [6.07, 6.45) is 10.3. The van der Waals surface area contributed by atoms with Crippen molar-refractivity contribution in [2.75, 3.05) is 4.90 Å². The Labute approximate surface area is 195 Å². The number of hydrogen-bond acceptors (Lipinski definition) is 4. The molecule has 1 aromatic carbocycles. The topological polar surface area (TPSA) is 75.2 Å². The molecular formula is C27H30N4O2. The van der Waals surface area contributed by atoms with Gasteiger partial charge in [-0.1, -0.05) is 31.4 Å². The van der Waals surface area contributed by atoms with Crippen molar-refractivity contribution in [2.24, 2.45) is 0 Å². The molecule has 2 aromatic heterocycles. The summed E-state index contributed by atoms with van der Waals surface area (Å²) in [6.45, 7) is 3.98. The molecule has 0 aliphatic heterocycles. The van der Waals surface area contributed by atoms with Gasteiger partial charge < -0.3 is 5.32 Å². The van der Waals surface area contributed by atoms with Crippen LogP contribution in [0.4, 0.5) is 5.69 Å². The molecule has 6 nitrogen and oxygen atoms in total. The van der Waals surface area contributed by atoms with Crippen LogP contribution < -0.4 is 10.2 Å². The van der Waals surface area contributed by atoms with Gasteiger partial charge in [0.15, 0.2) is 0 Å². The molecule has 1 aliphatic rings. The molecule has 33 heavy (non-hydrogen) atoms. The lowest BCUT2D eigenvalue weighted by Gasteiger charge is -2.33. The predicted molar refractivity (Wildman–Crippen MR) is 129 cm³/mol. The minimum Gasteiger partial charge on any atom is -0.351 e. The first-order valence-corrected chi connectivity index (χ1v) is 11.6. The van der Waals surface area contributed by atoms with Gasteiger partial charge in [-0.3, -0.25) is 24.5 Å². The van der Waals surface area contributed by atoms with Crippen molar-refractivity contribution < 1.29 is 9.59 Å². The Bertz CT molecular complexity index is 1080. The number of pyridine rings is 2. The maximum absolute atomic E-state index is 13.8. The number of rotatable bonds is 6. The van der Waals surface area contributed by atoms with Crippen LogP contribution in [0.5, 0.6) is 0 Å². The first-order valence-electron chi connectivity index (χ1n) is 11.6. The number of aromatic nitrogens is 2. The minimum absolute atomic E-state index is 0.127. The van der Waals surface area contributed by atoms with Gasteiger partial charge in [-0.2, -0.15) is 0 Å². The first kappa shape index (κ1) is 22.6. The molecule has 0 bridgehead atoms. The lowest BCUT2D eigenvalue weighted by atomic mass is 9.94. The van der Waals surface area contributed by atoms with Crippen molar-refractivity contribution in [3.63, 3.8) is 0 Å². The maximum atomic E-state index is 13.8. The number of anilines is 1. The van der Waals surface area contributed by atoms with Gasteiger partial charge in [0, 0.05) is 30.3 Å². The number of nitrogens with one attached hydrogen (secondary N) is 1. The van der Waals surface area contributed by atoms with Gasteiger partial charge in [0.05, 0.1) is 0 Å². The molecule has 1 atom stereocenters. The molecule has 1 N–H and O–H groups in total. The van der Waals surface area contributed by atoms with Crippen molar-refractivity contribution in [2.45, 2.75) is 58.0 Å². The Morgan fingerprint density at radius 3 is 2.27 bits per heavy atom. The summed E-state index contributed by atoms with van der Waals surface area (Å²) in [6, 6.07) is 14.0. The van der Waals surface area contributed by atoms with E-state index < -0.39 is 6.04 Å². The van der Waals surface area contributed by atoms with Crippen LogP contribution in [0.1, 0.15) is 65.3 Å². The highest BCUT2D eigenvalue weighted by atomic mass is 16.2. The largest absolute Gasteiger partial charge is 0.351 e. The van der Waals surface area contributed by atoms with E-state index in [0.29, 0.717) is 16.9 Å². The Kier molecular flexibility index (Phi) is 7.13. The number of nitrogens with zero attached hydrogens (tertiary/aromatic N) is 3. The third-order valence-corrected chi connectivity index (χ3v) is 6.07. The summed E-state index contributed by atoms with van der Waals surface area (Å²) >= 11 is 0. The lowest BCUT2D eigenvalue weighted by Crippen LogP contribution is -2.47. The fourth-order valence-electron chi connectivity index (χ4n) is 4.58. The molecule has 3 aromatic rings. The van der Waals surface area contributed by atoms with Crippen molar-refractivity contribution in [3.05, 3.63) is 89.5 Å². The molecule has 1 fully saturated rings. The fraction of sp³-hybridized carbons (Fsp3) is 0.333. The summed E-state index contributed by atoms with van der Waals surface area (Å²) in [5, 5.41) is 3.23. The monoisotopic (exact) mass is 442 g/mol. The molecule has 2 amide bonds. The zero-order valence-electron chi connectivity index (χ0n) is 19.2. The molecule has 0 radical (unpaired) electrons. The van der Waals surface area contributed by atoms with Crippen LogP contribution in [0, 0.1) is 13.8 Å². The zero-order valence-corrected chi connectivity index (χ0v) is 19.2. The van der Waals surface area contributed by atoms with E-state index in [1.807, 2.05) is 26.0 Å². The van der Waals surface area contributed by atoms with Gasteiger partial charge in [0.2, 0.25) is 5.91 Å². The van der Waals surface area contributed by atoms with Crippen LogP contribution in [-0.2, 0) is 4.79 Å². The second-order valence-electron chi connectivity index (χ2n) is 8.76. The fourth-order valence-corrected chi connectivity index (χ4v) is 4.58. The smallest absolute Gasteiger partial charge is 0.277 e. The van der Waals surface area contributed by atoms with Crippen LogP contribution in [-0.4, -0.2) is 27.8 Å².